The number of anilines is 2. The molecule has 0 bridgehead atoms. The van der Waals surface area contributed by atoms with Gasteiger partial charge in [-0.15, -0.1) is 20.4 Å². The molecule has 0 spiro atoms. The van der Waals surface area contributed by atoms with Gasteiger partial charge in [0.15, 0.2) is 0 Å². The van der Waals surface area contributed by atoms with Crippen LogP contribution in [0.15, 0.2) is 24.3 Å². The summed E-state index contributed by atoms with van der Waals surface area (Å²) in [6.45, 7) is 0. The number of benzene rings is 1. The zero-order chi connectivity index (χ0) is 15.5. The van der Waals surface area contributed by atoms with Crippen LogP contribution in [0.5, 0.6) is 5.75 Å². The summed E-state index contributed by atoms with van der Waals surface area (Å²) < 4.78 is 5.18. The molecule has 0 amide bonds. The third-order valence-corrected chi connectivity index (χ3v) is 4.84. The first-order chi connectivity index (χ1) is 10.7. The van der Waals surface area contributed by atoms with Crippen molar-refractivity contribution in [3.05, 3.63) is 39.8 Å². The average molecular weight is 334 g/mol. The predicted octanol–water partition coefficient (Wildman–Crippen LogP) is 1.94. The van der Waals surface area contributed by atoms with Gasteiger partial charge in [0.05, 0.1) is 13.0 Å². The van der Waals surface area contributed by atoms with Crippen LogP contribution in [0.1, 0.15) is 21.5 Å². The Hall–Kier alpha value is -2.26. The molecule has 9 heteroatoms. The summed E-state index contributed by atoms with van der Waals surface area (Å²) in [6.07, 6.45) is 0.716. The molecular weight excluding hydrogens is 320 g/mol. The van der Waals surface area contributed by atoms with E-state index in [-0.39, 0.29) is 5.92 Å². The Balaban J connectivity index is 1.91. The van der Waals surface area contributed by atoms with Crippen molar-refractivity contribution in [3.63, 3.8) is 0 Å². The Morgan fingerprint density at radius 1 is 0.955 bits per heavy atom. The maximum atomic E-state index is 5.70. The van der Waals surface area contributed by atoms with Crippen molar-refractivity contribution in [1.82, 2.24) is 20.4 Å². The SMILES string of the molecule is COc1ccc(CC(c2nnc(N)s2)c2nnc(N)s2)cc1. The molecule has 0 saturated heterocycles. The molecule has 0 aliphatic carbocycles. The van der Waals surface area contributed by atoms with E-state index >= 15 is 0 Å². The molecule has 2 heterocycles. The number of aromatic nitrogens is 4. The van der Waals surface area contributed by atoms with Gasteiger partial charge in [0, 0.05) is 0 Å². The predicted molar refractivity (Wildman–Crippen MR) is 87.2 cm³/mol. The van der Waals surface area contributed by atoms with Gasteiger partial charge in [0.25, 0.3) is 0 Å². The van der Waals surface area contributed by atoms with Crippen LogP contribution in [0.3, 0.4) is 0 Å². The highest BCUT2D eigenvalue weighted by atomic mass is 32.1. The zero-order valence-electron chi connectivity index (χ0n) is 11.8. The Morgan fingerprint density at radius 2 is 1.50 bits per heavy atom. The van der Waals surface area contributed by atoms with Crippen molar-refractivity contribution in [2.75, 3.05) is 18.6 Å². The second-order valence-corrected chi connectivity index (χ2v) is 6.64. The van der Waals surface area contributed by atoms with Crippen molar-refractivity contribution in [3.8, 4) is 5.75 Å². The maximum Gasteiger partial charge on any atom is 0.203 e. The molecule has 0 atom stereocenters. The highest BCUT2D eigenvalue weighted by molar-refractivity contribution is 7.16. The lowest BCUT2D eigenvalue weighted by Gasteiger charge is -2.11. The lowest BCUT2D eigenvalue weighted by Crippen LogP contribution is -2.05. The standard InChI is InChI=1S/C13H14N6OS2/c1-20-8-4-2-7(3-5-8)6-9(10-16-18-12(14)21-10)11-17-19-13(15)22-11/h2-5,9H,6H2,1H3,(H2,14,18)(H2,15,19). The van der Waals surface area contributed by atoms with Gasteiger partial charge in [-0.1, -0.05) is 34.8 Å². The molecular formula is C13H14N6OS2. The summed E-state index contributed by atoms with van der Waals surface area (Å²) in [7, 11) is 1.64. The third-order valence-electron chi connectivity index (χ3n) is 3.11. The third kappa shape index (κ3) is 3.15. The highest BCUT2D eigenvalue weighted by Crippen LogP contribution is 2.33. The van der Waals surface area contributed by atoms with Crippen molar-refractivity contribution in [2.24, 2.45) is 0 Å². The second-order valence-electron chi connectivity index (χ2n) is 4.56. The molecule has 2 aromatic heterocycles. The molecule has 0 fully saturated rings. The topological polar surface area (TPSA) is 113 Å². The minimum Gasteiger partial charge on any atom is -0.497 e. The van der Waals surface area contributed by atoms with Gasteiger partial charge < -0.3 is 16.2 Å². The van der Waals surface area contributed by atoms with Gasteiger partial charge in [0.2, 0.25) is 10.3 Å². The first kappa shape index (κ1) is 14.7. The molecule has 114 valence electrons. The Labute approximate surface area is 135 Å². The van der Waals surface area contributed by atoms with Crippen LogP contribution < -0.4 is 16.2 Å². The number of nitrogens with zero attached hydrogens (tertiary/aromatic N) is 4. The van der Waals surface area contributed by atoms with E-state index in [9.17, 15) is 0 Å². The summed E-state index contributed by atoms with van der Waals surface area (Å²) in [6, 6.07) is 7.88. The van der Waals surface area contributed by atoms with E-state index in [4.69, 9.17) is 16.2 Å². The van der Waals surface area contributed by atoms with Crippen molar-refractivity contribution >= 4 is 32.9 Å². The Morgan fingerprint density at radius 3 is 1.91 bits per heavy atom. The van der Waals surface area contributed by atoms with Gasteiger partial charge in [-0.25, -0.2) is 0 Å². The minimum absolute atomic E-state index is 0.0574. The number of ether oxygens (including phenoxy) is 1. The fourth-order valence-electron chi connectivity index (χ4n) is 2.05. The molecule has 0 unspecified atom stereocenters. The number of hydrogen-bond acceptors (Lipinski definition) is 9. The lowest BCUT2D eigenvalue weighted by molar-refractivity contribution is 0.414. The van der Waals surface area contributed by atoms with Crippen LogP contribution in [-0.2, 0) is 6.42 Å². The maximum absolute atomic E-state index is 5.70. The van der Waals surface area contributed by atoms with E-state index in [1.54, 1.807) is 7.11 Å². The van der Waals surface area contributed by atoms with Gasteiger partial charge in [-0.3, -0.25) is 0 Å². The first-order valence-electron chi connectivity index (χ1n) is 6.46. The molecule has 7 nitrogen and oxygen atoms in total. The quantitative estimate of drug-likeness (QED) is 0.733. The van der Waals surface area contributed by atoms with Crippen LogP contribution in [0.4, 0.5) is 10.3 Å². The summed E-state index contributed by atoms with van der Waals surface area (Å²) in [5.74, 6) is 0.763. The fraction of sp³-hybridized carbons (Fsp3) is 0.231. The number of hydrogen-bond donors (Lipinski definition) is 2. The monoisotopic (exact) mass is 334 g/mol. The van der Waals surface area contributed by atoms with Crippen LogP contribution in [0.25, 0.3) is 0 Å². The van der Waals surface area contributed by atoms with E-state index in [2.05, 4.69) is 20.4 Å². The van der Waals surface area contributed by atoms with Gasteiger partial charge in [-0.2, -0.15) is 0 Å². The van der Waals surface area contributed by atoms with E-state index in [1.165, 1.54) is 22.7 Å². The van der Waals surface area contributed by atoms with E-state index < -0.39 is 0 Å². The lowest BCUT2D eigenvalue weighted by atomic mass is 10.0. The number of nitrogen functional groups attached to an aromatic ring is 2. The largest absolute Gasteiger partial charge is 0.497 e. The summed E-state index contributed by atoms with van der Waals surface area (Å²) in [4.78, 5) is 0. The number of rotatable bonds is 5. The zero-order valence-corrected chi connectivity index (χ0v) is 13.4. The minimum atomic E-state index is -0.0574. The fourth-order valence-corrected chi connectivity index (χ4v) is 3.56. The van der Waals surface area contributed by atoms with E-state index in [0.29, 0.717) is 16.7 Å². The van der Waals surface area contributed by atoms with Crippen LogP contribution in [-0.4, -0.2) is 27.5 Å². The van der Waals surface area contributed by atoms with Gasteiger partial charge in [-0.05, 0) is 24.1 Å². The van der Waals surface area contributed by atoms with E-state index in [1.807, 2.05) is 24.3 Å². The summed E-state index contributed by atoms with van der Waals surface area (Å²) >= 11 is 2.71. The Kier molecular flexibility index (Phi) is 4.16. The van der Waals surface area contributed by atoms with Crippen molar-refractivity contribution in [2.45, 2.75) is 12.3 Å². The van der Waals surface area contributed by atoms with Gasteiger partial charge >= 0.3 is 0 Å². The smallest absolute Gasteiger partial charge is 0.203 e. The average Bonchev–Trinajstić information content (AvgIpc) is 3.14. The number of methoxy groups -OCH3 is 1. The highest BCUT2D eigenvalue weighted by Gasteiger charge is 2.23. The van der Waals surface area contributed by atoms with Crippen LogP contribution in [0, 0.1) is 0 Å². The summed E-state index contributed by atoms with van der Waals surface area (Å²) in [5, 5.41) is 18.6. The molecule has 0 aliphatic rings. The second kappa shape index (κ2) is 6.24. The van der Waals surface area contributed by atoms with Crippen molar-refractivity contribution in [1.29, 1.82) is 0 Å². The molecule has 0 radical (unpaired) electrons. The van der Waals surface area contributed by atoms with Crippen molar-refractivity contribution < 1.29 is 4.74 Å². The number of nitrogens with two attached hydrogens (primary N) is 2. The molecule has 0 aliphatic heterocycles. The molecule has 3 rings (SSSR count). The molecule has 0 saturated carbocycles. The van der Waals surface area contributed by atoms with Crippen LogP contribution >= 0.6 is 22.7 Å². The van der Waals surface area contributed by atoms with Gasteiger partial charge in [0.1, 0.15) is 15.8 Å². The molecule has 1 aromatic carbocycles. The molecule has 22 heavy (non-hydrogen) atoms. The molecule has 4 N–H and O–H groups in total. The van der Waals surface area contributed by atoms with E-state index in [0.717, 1.165) is 21.3 Å². The molecule has 3 aromatic rings. The first-order valence-corrected chi connectivity index (χ1v) is 8.09. The Bertz CT molecular complexity index is 714. The van der Waals surface area contributed by atoms with Crippen LogP contribution in [0.2, 0.25) is 0 Å². The summed E-state index contributed by atoms with van der Waals surface area (Å²) in [5.41, 5.74) is 12.5. The normalized spacial score (nSPS) is 11.0.